The van der Waals surface area contributed by atoms with Crippen molar-refractivity contribution in [3.8, 4) is 0 Å². The van der Waals surface area contributed by atoms with Crippen molar-refractivity contribution in [3.63, 3.8) is 0 Å². The maximum absolute atomic E-state index is 4.71. The Morgan fingerprint density at radius 3 is 2.89 bits per heavy atom. The lowest BCUT2D eigenvalue weighted by Gasteiger charge is -2.22. The van der Waals surface area contributed by atoms with Crippen LogP contribution in [0.25, 0.3) is 0 Å². The van der Waals surface area contributed by atoms with Crippen LogP contribution in [0.2, 0.25) is 0 Å². The molecule has 1 saturated heterocycles. The molecular weight excluding hydrogens is 254 g/mol. The fourth-order valence-electron chi connectivity index (χ4n) is 2.35. The van der Waals surface area contributed by atoms with Crippen molar-refractivity contribution < 1.29 is 0 Å². The van der Waals surface area contributed by atoms with Gasteiger partial charge in [0.2, 0.25) is 0 Å². The third-order valence-electron chi connectivity index (χ3n) is 3.54. The van der Waals surface area contributed by atoms with Crippen molar-refractivity contribution in [3.05, 3.63) is 29.6 Å². The van der Waals surface area contributed by atoms with Crippen LogP contribution >= 0.6 is 11.8 Å². The minimum absolute atomic E-state index is 0.427. The van der Waals surface area contributed by atoms with Crippen LogP contribution in [0.1, 0.15) is 31.7 Å². The molecule has 106 valence electrons. The van der Waals surface area contributed by atoms with Crippen LogP contribution in [0, 0.1) is 0 Å². The molecule has 1 aliphatic heterocycles. The molecule has 1 aliphatic rings. The van der Waals surface area contributed by atoms with E-state index in [1.165, 1.54) is 31.0 Å². The Bertz CT molecular complexity index is 406. The Hall–Kier alpha value is -0.580. The number of hydrogen-bond acceptors (Lipinski definition) is 4. The van der Waals surface area contributed by atoms with Crippen molar-refractivity contribution in [2.45, 2.75) is 38.1 Å². The number of aromatic nitrogens is 1. The SMILES string of the molecule is CNCc1cccc(CN2CCSC(C)(C)CC2)n1. The van der Waals surface area contributed by atoms with Crippen LogP contribution in [0.4, 0.5) is 0 Å². The quantitative estimate of drug-likeness (QED) is 0.917. The van der Waals surface area contributed by atoms with Gasteiger partial charge in [-0.25, -0.2) is 0 Å². The van der Waals surface area contributed by atoms with Gasteiger partial charge in [-0.05, 0) is 32.1 Å². The average Bonchev–Trinajstić information content (AvgIpc) is 2.52. The normalized spacial score (nSPS) is 20.2. The van der Waals surface area contributed by atoms with Crippen LogP contribution in [0.5, 0.6) is 0 Å². The van der Waals surface area contributed by atoms with Gasteiger partial charge in [0.05, 0.1) is 11.4 Å². The van der Waals surface area contributed by atoms with Crippen molar-refractivity contribution in [1.82, 2.24) is 15.2 Å². The molecule has 1 aromatic rings. The largest absolute Gasteiger partial charge is 0.314 e. The third-order valence-corrected chi connectivity index (χ3v) is 4.91. The monoisotopic (exact) mass is 279 g/mol. The highest BCUT2D eigenvalue weighted by atomic mass is 32.2. The number of hydrogen-bond donors (Lipinski definition) is 1. The topological polar surface area (TPSA) is 28.2 Å². The summed E-state index contributed by atoms with van der Waals surface area (Å²) in [5, 5.41) is 3.16. The highest BCUT2D eigenvalue weighted by Gasteiger charge is 2.23. The molecule has 1 N–H and O–H groups in total. The average molecular weight is 279 g/mol. The third kappa shape index (κ3) is 4.79. The molecule has 2 heterocycles. The number of thioether (sulfide) groups is 1. The molecule has 0 aliphatic carbocycles. The molecular formula is C15H25N3S. The first kappa shape index (κ1) is 14.8. The fraction of sp³-hybridized carbons (Fsp3) is 0.667. The van der Waals surface area contributed by atoms with E-state index in [1.807, 2.05) is 7.05 Å². The molecule has 1 aromatic heterocycles. The molecule has 0 bridgehead atoms. The Balaban J connectivity index is 1.95. The van der Waals surface area contributed by atoms with Crippen LogP contribution in [-0.2, 0) is 13.1 Å². The maximum Gasteiger partial charge on any atom is 0.0547 e. The molecule has 0 amide bonds. The van der Waals surface area contributed by atoms with E-state index in [4.69, 9.17) is 4.98 Å². The molecule has 0 unspecified atom stereocenters. The summed E-state index contributed by atoms with van der Waals surface area (Å²) >= 11 is 2.09. The lowest BCUT2D eigenvalue weighted by molar-refractivity contribution is 0.273. The minimum atomic E-state index is 0.427. The summed E-state index contributed by atoms with van der Waals surface area (Å²) in [6, 6.07) is 6.34. The van der Waals surface area contributed by atoms with E-state index in [1.54, 1.807) is 0 Å². The zero-order valence-electron chi connectivity index (χ0n) is 12.3. The predicted molar refractivity (Wildman–Crippen MR) is 83.4 cm³/mol. The maximum atomic E-state index is 4.71. The zero-order valence-corrected chi connectivity index (χ0v) is 13.1. The second kappa shape index (κ2) is 6.73. The van der Waals surface area contributed by atoms with Gasteiger partial charge in [0.1, 0.15) is 0 Å². The van der Waals surface area contributed by atoms with Crippen LogP contribution in [0.15, 0.2) is 18.2 Å². The highest BCUT2D eigenvalue weighted by Crippen LogP contribution is 2.30. The van der Waals surface area contributed by atoms with Crippen molar-refractivity contribution >= 4 is 11.8 Å². The first-order valence-corrected chi connectivity index (χ1v) is 8.03. The van der Waals surface area contributed by atoms with Crippen LogP contribution in [0.3, 0.4) is 0 Å². The van der Waals surface area contributed by atoms with Gasteiger partial charge >= 0.3 is 0 Å². The van der Waals surface area contributed by atoms with Gasteiger partial charge < -0.3 is 5.32 Å². The van der Waals surface area contributed by atoms with Gasteiger partial charge in [-0.1, -0.05) is 19.9 Å². The van der Waals surface area contributed by atoms with Gasteiger partial charge in [0.25, 0.3) is 0 Å². The summed E-state index contributed by atoms with van der Waals surface area (Å²) in [5.41, 5.74) is 2.32. The summed E-state index contributed by atoms with van der Waals surface area (Å²) in [5.74, 6) is 1.23. The predicted octanol–water partition coefficient (Wildman–Crippen LogP) is 2.52. The van der Waals surface area contributed by atoms with E-state index in [0.717, 1.165) is 18.8 Å². The van der Waals surface area contributed by atoms with Gasteiger partial charge in [0.15, 0.2) is 0 Å². The van der Waals surface area contributed by atoms with E-state index in [2.05, 4.69) is 54.0 Å². The number of nitrogens with one attached hydrogen (secondary N) is 1. The highest BCUT2D eigenvalue weighted by molar-refractivity contribution is 8.00. The second-order valence-electron chi connectivity index (χ2n) is 5.78. The van der Waals surface area contributed by atoms with E-state index in [0.29, 0.717) is 4.75 Å². The number of rotatable bonds is 4. The van der Waals surface area contributed by atoms with Crippen molar-refractivity contribution in [2.24, 2.45) is 0 Å². The molecule has 1 fully saturated rings. The minimum Gasteiger partial charge on any atom is -0.314 e. The number of nitrogens with zero attached hydrogens (tertiary/aromatic N) is 2. The molecule has 0 saturated carbocycles. The summed E-state index contributed by atoms with van der Waals surface area (Å²) in [6.45, 7) is 8.88. The Morgan fingerprint density at radius 1 is 1.32 bits per heavy atom. The molecule has 19 heavy (non-hydrogen) atoms. The molecule has 0 spiro atoms. The fourth-order valence-corrected chi connectivity index (χ4v) is 3.48. The van der Waals surface area contributed by atoms with Gasteiger partial charge in [-0.3, -0.25) is 9.88 Å². The van der Waals surface area contributed by atoms with Crippen LogP contribution in [-0.4, -0.2) is 40.5 Å². The summed E-state index contributed by atoms with van der Waals surface area (Å²) < 4.78 is 0.427. The zero-order chi connectivity index (χ0) is 13.7. The summed E-state index contributed by atoms with van der Waals surface area (Å²) in [6.07, 6.45) is 1.26. The van der Waals surface area contributed by atoms with Crippen LogP contribution < -0.4 is 5.32 Å². The summed E-state index contributed by atoms with van der Waals surface area (Å²) in [7, 11) is 1.96. The van der Waals surface area contributed by atoms with Gasteiger partial charge in [-0.2, -0.15) is 11.8 Å². The Morgan fingerprint density at radius 2 is 2.11 bits per heavy atom. The molecule has 0 aromatic carbocycles. The Labute approximate surface area is 121 Å². The summed E-state index contributed by atoms with van der Waals surface area (Å²) in [4.78, 5) is 7.25. The molecule has 4 heteroatoms. The molecule has 3 nitrogen and oxygen atoms in total. The van der Waals surface area contributed by atoms with Gasteiger partial charge in [0, 0.05) is 30.1 Å². The smallest absolute Gasteiger partial charge is 0.0547 e. The Kier molecular flexibility index (Phi) is 5.25. The molecule has 2 rings (SSSR count). The van der Waals surface area contributed by atoms with E-state index in [-0.39, 0.29) is 0 Å². The lowest BCUT2D eigenvalue weighted by atomic mass is 10.1. The van der Waals surface area contributed by atoms with E-state index < -0.39 is 0 Å². The van der Waals surface area contributed by atoms with E-state index >= 15 is 0 Å². The van der Waals surface area contributed by atoms with E-state index in [9.17, 15) is 0 Å². The first-order chi connectivity index (χ1) is 9.09. The molecule has 0 radical (unpaired) electrons. The lowest BCUT2D eigenvalue weighted by Crippen LogP contribution is -2.27. The van der Waals surface area contributed by atoms with Crippen molar-refractivity contribution in [1.29, 1.82) is 0 Å². The second-order valence-corrected chi connectivity index (χ2v) is 7.59. The van der Waals surface area contributed by atoms with Crippen molar-refractivity contribution in [2.75, 3.05) is 25.9 Å². The molecule has 0 atom stereocenters. The van der Waals surface area contributed by atoms with Gasteiger partial charge in [-0.15, -0.1) is 0 Å². The first-order valence-electron chi connectivity index (χ1n) is 7.05. The number of pyridine rings is 1. The standard InChI is InChI=1S/C15H25N3S/c1-15(2)7-8-18(9-10-19-15)12-14-6-4-5-13(17-14)11-16-3/h4-6,16H,7-12H2,1-3H3.